The van der Waals surface area contributed by atoms with Gasteiger partial charge in [-0.2, -0.15) is 0 Å². The second-order valence-electron chi connectivity index (χ2n) is 30.3. The van der Waals surface area contributed by atoms with Crippen LogP contribution in [-0.2, 0) is 0 Å². The third-order valence-electron chi connectivity index (χ3n) is 22.1. The number of para-hydroxylation sites is 7. The first kappa shape index (κ1) is 35.4. The SMILES string of the molecule is [2H]c1c([2H])c(-c2c([2H])c([2H])c3c(-c4c([2H])c([2H])c5c([2H])c([2H])c([2H])c([2H])c5c4[2H])nc(-n4c5c([2H])c([2H])c([2H])c([2H])c5c5c([2H])c(-n6c7c([2H])c([2H])c([2H])c([2H])c7c7c([2H])c([2H])c([2H])c([2H])c76)c([2H])c([2H])c54)nc3c2[2H])c([2H])c([2H])c1C.[2H]c1c([2H])c([2H])c(-c2nc(-c3c([2H])c([2H])c(-n4c5c([2H])c([2H])c([2H])c([2H])c5c5c([2H])c(-n6c7c([2H])c([2H])c([2H])c([2H])c7c7c([2H])c([2H])c([2H])c([2H])c76)c([2H])c([2H])c54)c([2H])c3[2H])nc3c([2H])c([2H])c([2H])c([2H])c23)c([2H])c1[2H].[2H]c1c([2H])c([2H])c(-c2nc(-c3c([2H])c([2H])c([2H])c([2H])c3[2H])nc(-c3c([2H])c([2H])c([2H])c(-c4c([2H])c([2H])c([2H])c5c4sc4c(-c6c([2H])c([2H])c([2H])c([2H])c6[2H])c([2H])c([2H])c([2H])c45)c3[2H])n2)c([2H])c1[2H]. The molecule has 674 valence electrons. The average Bonchev–Trinajstić information content (AvgIpc) is 1.51. The third kappa shape index (κ3) is 14.9. The lowest BCUT2D eigenvalue weighted by molar-refractivity contribution is 1.01. The third-order valence-corrected chi connectivity index (χ3v) is 23.3. The van der Waals surface area contributed by atoms with Crippen molar-refractivity contribution in [2.24, 2.45) is 0 Å². The predicted octanol–water partition coefficient (Wildman–Crippen LogP) is 34.4. The second kappa shape index (κ2) is 35.5. The van der Waals surface area contributed by atoms with Gasteiger partial charge in [-0.1, -0.05) is 374 Å². The highest BCUT2D eigenvalue weighted by Crippen LogP contribution is 2.47. The predicted molar refractivity (Wildman–Crippen MR) is 600 cm³/mol. The Hall–Kier alpha value is -19.0. The Morgan fingerprint density at radius 1 is 0.188 bits per heavy atom. The van der Waals surface area contributed by atoms with Crippen molar-refractivity contribution in [3.63, 3.8) is 0 Å². The summed E-state index contributed by atoms with van der Waals surface area (Å²) in [5.74, 6) is -4.13. The molecule has 8 aromatic heterocycles. The molecule has 11 nitrogen and oxygen atoms in total. The summed E-state index contributed by atoms with van der Waals surface area (Å²) in [5.41, 5.74) is -18.5. The van der Waals surface area contributed by atoms with E-state index in [1.165, 1.54) is 6.92 Å². The number of nitrogens with zero attached hydrogens (tertiary/aromatic N) is 11. The molecular formula is C132H85N11S. The molecule has 144 heavy (non-hydrogen) atoms. The van der Waals surface area contributed by atoms with Gasteiger partial charge in [-0.05, 0) is 178 Å². The first-order valence-corrected chi connectivity index (χ1v) is 42.8. The number of fused-ring (bicyclic) bond motifs is 18. The molecule has 12 heteroatoms. The van der Waals surface area contributed by atoms with Gasteiger partial charge in [-0.3, -0.25) is 4.57 Å². The highest BCUT2D eigenvalue weighted by molar-refractivity contribution is 7.27. The minimum Gasteiger partial charge on any atom is -0.309 e. The molecule has 0 spiro atoms. The van der Waals surface area contributed by atoms with E-state index in [2.05, 4.69) is 34.9 Å². The molecule has 0 radical (unpaired) electrons. The van der Waals surface area contributed by atoms with Crippen molar-refractivity contribution >= 4 is 151 Å². The van der Waals surface area contributed by atoms with E-state index in [-0.39, 0.29) is 25.7 Å². The van der Waals surface area contributed by atoms with Crippen LogP contribution in [0.5, 0.6) is 0 Å². The van der Waals surface area contributed by atoms with Crippen molar-refractivity contribution in [3.8, 4) is 124 Å². The van der Waals surface area contributed by atoms with E-state index in [1.807, 2.05) is 0 Å². The second-order valence-corrected chi connectivity index (χ2v) is 31.4. The fourth-order valence-electron chi connectivity index (χ4n) is 15.9. The Bertz CT molecular complexity index is 15200. The molecule has 0 aliphatic heterocycles. The van der Waals surface area contributed by atoms with Gasteiger partial charge in [-0.15, -0.1) is 11.3 Å². The van der Waals surface area contributed by atoms with Gasteiger partial charge in [-0.25, -0.2) is 34.9 Å². The van der Waals surface area contributed by atoms with E-state index in [4.69, 9.17) is 85.0 Å². The summed E-state index contributed by atoms with van der Waals surface area (Å²) in [7, 11) is 0. The van der Waals surface area contributed by atoms with Gasteiger partial charge in [0.15, 0.2) is 23.3 Å². The first-order chi connectivity index (χ1) is 105. The molecule has 29 rings (SSSR count). The number of aromatic nitrogens is 11. The highest BCUT2D eigenvalue weighted by Gasteiger charge is 2.25. The molecule has 21 aromatic carbocycles. The average molecular weight is 1940 g/mol. The molecule has 0 fully saturated rings. The van der Waals surface area contributed by atoms with E-state index in [9.17, 15) is 27.4 Å². The Morgan fingerprint density at radius 3 is 1.10 bits per heavy atom. The quantitative estimate of drug-likeness (QED) is 0.113. The van der Waals surface area contributed by atoms with Crippen molar-refractivity contribution in [2.45, 2.75) is 6.92 Å². The number of hydrogen-bond donors (Lipinski definition) is 0. The Labute approximate surface area is 948 Å². The normalized spacial score (nSPS) is 19.6. The summed E-state index contributed by atoms with van der Waals surface area (Å²) in [6, 6.07) is -71.1. The molecule has 8 heterocycles. The summed E-state index contributed by atoms with van der Waals surface area (Å²) >= 11 is 0.571. The van der Waals surface area contributed by atoms with Crippen LogP contribution < -0.4 is 0 Å². The fraction of sp³-hybridized carbons (Fsp3) is 0.00758. The fourth-order valence-corrected chi connectivity index (χ4v) is 17.1. The standard InChI is InChI=1S/C49H32N4.C44H28N4.C39H25N3S/c1-31-18-20-33(21-19-31)35-24-26-41-43(29-35)50-49(51-48(41)36-23-22-32-10-2-3-11-34(32)28-36)53-46-17-9-6-14-40(46)42-30-37(25-27-47(42)53)52-44-15-7-4-12-38(44)39-13-5-8-16-45(39)52;1-2-12-29(13-3-1)43-36-17-4-8-18-38(36)45-44(46-43)30-22-24-31(25-23-30)47-41-21-11-7-16-35(41)37-28-32(26-27-42(37)47)48-39-19-9-5-14-33(39)34-15-6-10-20-40(34)48;1-4-13-26(14-5-1)31-21-11-23-33-34-24-12-22-32(36(34)43-35(31)33)29-19-10-20-30(25-29)39-41-37(27-15-6-2-7-16-27)40-38(42-39)28-17-8-3-9-18-28/h2-30H,1H3;1-28H;1-25H/i2D,3D,4D,5D,6D,7D,8D,9D,10D,11D,12D,13D,14D,15D,16D,17D,18D,19D,20D,21D,22D,23D,24D,25D,26D,27D,28D,29D,30D;1D,2D,3D,4D,5D,6D,7D,8D,9D,10D,11D,12D,13D,14D,15D,16D,17D,18D,19D,20D,21D,22D,23D,24D,25D,26D,27D,28D;1D,2D,3D,4D,5D,6D,7D,8D,9D,10D,11D,12D,13D,14D,15D,16D,17D,18D,19D,20D,21D,22D,23D,24D,25D. The summed E-state index contributed by atoms with van der Waals surface area (Å²) in [5, 5.41) is -7.46. The summed E-state index contributed by atoms with van der Waals surface area (Å²) < 4.78 is 730. The molecular weight excluding hydrogens is 1770 g/mol. The van der Waals surface area contributed by atoms with Crippen LogP contribution in [0.15, 0.2) is 495 Å². The lowest BCUT2D eigenvalue weighted by Gasteiger charge is -2.14. The van der Waals surface area contributed by atoms with Crippen molar-refractivity contribution in [3.05, 3.63) is 501 Å². The van der Waals surface area contributed by atoms with Gasteiger partial charge in [0.2, 0.25) is 5.95 Å². The number of benzene rings is 21. The van der Waals surface area contributed by atoms with E-state index >= 15 is 0 Å². The van der Waals surface area contributed by atoms with Crippen molar-refractivity contribution < 1.29 is 112 Å². The van der Waals surface area contributed by atoms with Crippen LogP contribution in [0, 0.1) is 6.92 Å². The van der Waals surface area contributed by atoms with Crippen LogP contribution in [0.4, 0.5) is 0 Å². The van der Waals surface area contributed by atoms with Gasteiger partial charge in [0.1, 0.15) is 0 Å². The number of thiophene rings is 1. The van der Waals surface area contributed by atoms with E-state index in [1.54, 1.807) is 0 Å². The molecule has 0 atom stereocenters. The highest BCUT2D eigenvalue weighted by atomic mass is 32.1. The Balaban J connectivity index is 0.000000151. The Morgan fingerprint density at radius 2 is 0.549 bits per heavy atom. The lowest BCUT2D eigenvalue weighted by atomic mass is 9.99. The van der Waals surface area contributed by atoms with Gasteiger partial charge in [0.05, 0.1) is 179 Å². The van der Waals surface area contributed by atoms with Gasteiger partial charge < -0.3 is 13.7 Å². The van der Waals surface area contributed by atoms with Gasteiger partial charge in [0.25, 0.3) is 0 Å². The molecule has 0 saturated carbocycles. The molecule has 0 aliphatic rings. The van der Waals surface area contributed by atoms with Crippen LogP contribution in [0.2, 0.25) is 0 Å². The molecule has 0 bridgehead atoms. The first-order valence-electron chi connectivity index (χ1n) is 83.0. The van der Waals surface area contributed by atoms with Crippen molar-refractivity contribution in [1.82, 2.24) is 53.2 Å². The monoisotopic (exact) mass is 1940 g/mol. The largest absolute Gasteiger partial charge is 0.309 e. The van der Waals surface area contributed by atoms with Crippen LogP contribution >= 0.6 is 11.3 Å². The molecule has 0 unspecified atom stereocenters. The minimum absolute atomic E-state index is 0.123. The number of rotatable bonds is 13. The topological polar surface area (TPSA) is 110 Å². The van der Waals surface area contributed by atoms with Crippen LogP contribution in [-0.4, -0.2) is 53.2 Å². The molecule has 29 aromatic rings. The van der Waals surface area contributed by atoms with Crippen LogP contribution in [0.25, 0.3) is 264 Å². The van der Waals surface area contributed by atoms with E-state index in [0.29, 0.717) is 15.9 Å². The number of hydrogen-bond acceptors (Lipinski definition) is 8. The smallest absolute Gasteiger partial charge is 0.235 e. The minimum atomic E-state index is -1.07. The Kier molecular flexibility index (Phi) is 8.72. The van der Waals surface area contributed by atoms with Crippen LogP contribution in [0.3, 0.4) is 0 Å². The van der Waals surface area contributed by atoms with Gasteiger partial charge in [0, 0.05) is 124 Å². The van der Waals surface area contributed by atoms with Crippen molar-refractivity contribution in [1.29, 1.82) is 0 Å². The summed E-state index contributed by atoms with van der Waals surface area (Å²) in [6.45, 7) is 1.29. The van der Waals surface area contributed by atoms with E-state index in [0.717, 1.165) is 13.7 Å². The van der Waals surface area contributed by atoms with Gasteiger partial charge >= 0.3 is 0 Å². The van der Waals surface area contributed by atoms with Crippen molar-refractivity contribution in [2.75, 3.05) is 0 Å². The maximum absolute atomic E-state index is 10.0. The zero-order chi connectivity index (χ0) is 167. The molecule has 0 aliphatic carbocycles. The summed E-state index contributed by atoms with van der Waals surface area (Å²) in [4.78, 5) is 30.5. The zero-order valence-electron chi connectivity index (χ0n) is 154. The summed E-state index contributed by atoms with van der Waals surface area (Å²) in [6.07, 6.45) is 0. The maximum atomic E-state index is 10.0. The van der Waals surface area contributed by atoms with E-state index < -0.39 is 740 Å². The molecule has 0 saturated heterocycles. The lowest BCUT2D eigenvalue weighted by Crippen LogP contribution is -2.04. The molecule has 0 N–H and O–H groups in total. The maximum Gasteiger partial charge on any atom is 0.235 e. The zero-order valence-corrected chi connectivity index (χ0v) is 72.6. The van der Waals surface area contributed by atoms with Crippen LogP contribution in [0.1, 0.15) is 118 Å². The molecule has 0 amide bonds.